The molecule has 0 atom stereocenters. The quantitative estimate of drug-likeness (QED) is 0.791. The highest BCUT2D eigenvalue weighted by Crippen LogP contribution is 2.31. The van der Waals surface area contributed by atoms with E-state index in [9.17, 15) is 4.79 Å². The van der Waals surface area contributed by atoms with Crippen LogP contribution in [0.3, 0.4) is 0 Å². The van der Waals surface area contributed by atoms with Crippen LogP contribution in [0.1, 0.15) is 30.3 Å². The van der Waals surface area contributed by atoms with Crippen molar-refractivity contribution in [1.29, 1.82) is 0 Å². The monoisotopic (exact) mass is 303 g/mol. The van der Waals surface area contributed by atoms with E-state index in [2.05, 4.69) is 15.4 Å². The van der Waals surface area contributed by atoms with Gasteiger partial charge in [-0.15, -0.1) is 0 Å². The third-order valence-corrected chi connectivity index (χ3v) is 3.20. The molecule has 1 aliphatic rings. The van der Waals surface area contributed by atoms with Crippen molar-refractivity contribution in [2.24, 2.45) is 5.92 Å². The molecule has 116 valence electrons. The van der Waals surface area contributed by atoms with Crippen molar-refractivity contribution in [3.63, 3.8) is 0 Å². The Labute approximate surface area is 127 Å². The number of hydrogen-bond donors (Lipinski definition) is 1. The Kier molecular flexibility index (Phi) is 4.22. The summed E-state index contributed by atoms with van der Waals surface area (Å²) in [5, 5.41) is 9.82. The van der Waals surface area contributed by atoms with E-state index in [1.165, 1.54) is 12.8 Å². The molecule has 1 aliphatic carbocycles. The zero-order valence-corrected chi connectivity index (χ0v) is 12.2. The standard InChI is InChI=1S/C15H17N3O4/c1-2-20-15(19)13-14(17-18-16-13)22-12-5-3-4-11(8-12)21-9-10-6-7-10/h3-5,8,10H,2,6-7,9H2,1H3,(H,16,17,18). The van der Waals surface area contributed by atoms with E-state index in [0.29, 0.717) is 11.7 Å². The summed E-state index contributed by atoms with van der Waals surface area (Å²) in [5.74, 6) is 1.45. The highest BCUT2D eigenvalue weighted by Gasteiger charge is 2.22. The molecule has 1 aromatic heterocycles. The average molecular weight is 303 g/mol. The molecular weight excluding hydrogens is 286 g/mol. The van der Waals surface area contributed by atoms with Gasteiger partial charge in [-0.1, -0.05) is 16.4 Å². The van der Waals surface area contributed by atoms with Gasteiger partial charge in [0.1, 0.15) is 11.5 Å². The maximum absolute atomic E-state index is 11.7. The van der Waals surface area contributed by atoms with Crippen molar-refractivity contribution in [3.05, 3.63) is 30.0 Å². The molecule has 0 bridgehead atoms. The van der Waals surface area contributed by atoms with E-state index in [1.54, 1.807) is 19.1 Å². The minimum absolute atomic E-state index is 0.0813. The molecule has 22 heavy (non-hydrogen) atoms. The van der Waals surface area contributed by atoms with Crippen LogP contribution in [-0.4, -0.2) is 34.6 Å². The van der Waals surface area contributed by atoms with Crippen LogP contribution in [0.2, 0.25) is 0 Å². The first-order valence-corrected chi connectivity index (χ1v) is 7.25. The van der Waals surface area contributed by atoms with Crippen LogP contribution in [0, 0.1) is 5.92 Å². The van der Waals surface area contributed by atoms with Crippen molar-refractivity contribution in [3.8, 4) is 17.4 Å². The molecule has 1 saturated carbocycles. The Morgan fingerprint density at radius 1 is 1.36 bits per heavy atom. The molecule has 0 unspecified atom stereocenters. The number of ether oxygens (including phenoxy) is 3. The normalized spacial score (nSPS) is 13.7. The number of nitrogens with one attached hydrogen (secondary N) is 1. The summed E-state index contributed by atoms with van der Waals surface area (Å²) < 4.78 is 16.2. The number of aromatic nitrogens is 3. The van der Waals surface area contributed by atoms with Gasteiger partial charge in [-0.05, 0) is 37.8 Å². The van der Waals surface area contributed by atoms with Crippen molar-refractivity contribution >= 4 is 5.97 Å². The second-order valence-electron chi connectivity index (χ2n) is 5.04. The van der Waals surface area contributed by atoms with Gasteiger partial charge in [0, 0.05) is 6.07 Å². The molecule has 0 radical (unpaired) electrons. The maximum Gasteiger partial charge on any atom is 0.362 e. The summed E-state index contributed by atoms with van der Waals surface area (Å²) in [6.07, 6.45) is 2.47. The smallest absolute Gasteiger partial charge is 0.362 e. The van der Waals surface area contributed by atoms with Crippen LogP contribution in [-0.2, 0) is 4.74 Å². The van der Waals surface area contributed by atoms with Gasteiger partial charge in [-0.3, -0.25) is 0 Å². The van der Waals surface area contributed by atoms with E-state index in [4.69, 9.17) is 14.2 Å². The van der Waals surface area contributed by atoms with E-state index >= 15 is 0 Å². The fraction of sp³-hybridized carbons (Fsp3) is 0.400. The number of H-pyrrole nitrogens is 1. The average Bonchev–Trinajstić information content (AvgIpc) is 3.24. The van der Waals surface area contributed by atoms with Crippen molar-refractivity contribution in [2.75, 3.05) is 13.2 Å². The van der Waals surface area contributed by atoms with Crippen molar-refractivity contribution in [2.45, 2.75) is 19.8 Å². The summed E-state index contributed by atoms with van der Waals surface area (Å²) in [6.45, 7) is 2.71. The lowest BCUT2D eigenvalue weighted by molar-refractivity contribution is 0.0516. The summed E-state index contributed by atoms with van der Waals surface area (Å²) in [6, 6.07) is 7.20. The fourth-order valence-electron chi connectivity index (χ4n) is 1.86. The Balaban J connectivity index is 1.68. The number of rotatable bonds is 7. The number of carbonyl (C=O) groups excluding carboxylic acids is 1. The van der Waals surface area contributed by atoms with Crippen molar-refractivity contribution < 1.29 is 19.0 Å². The number of aromatic amines is 1. The predicted molar refractivity (Wildman–Crippen MR) is 77.1 cm³/mol. The van der Waals surface area contributed by atoms with Crippen LogP contribution in [0.15, 0.2) is 24.3 Å². The summed E-state index contributed by atoms with van der Waals surface area (Å²) >= 11 is 0. The molecular formula is C15H17N3O4. The van der Waals surface area contributed by atoms with E-state index < -0.39 is 5.97 Å². The van der Waals surface area contributed by atoms with Crippen LogP contribution < -0.4 is 9.47 Å². The molecule has 7 heteroatoms. The van der Waals surface area contributed by atoms with Gasteiger partial charge in [0.05, 0.1) is 13.2 Å². The summed E-state index contributed by atoms with van der Waals surface area (Å²) in [4.78, 5) is 11.7. The lowest BCUT2D eigenvalue weighted by Gasteiger charge is -2.08. The number of esters is 1. The van der Waals surface area contributed by atoms with Crippen LogP contribution in [0.5, 0.6) is 17.4 Å². The second-order valence-corrected chi connectivity index (χ2v) is 5.04. The molecule has 0 aliphatic heterocycles. The summed E-state index contributed by atoms with van der Waals surface area (Å²) in [5.41, 5.74) is 0.0890. The van der Waals surface area contributed by atoms with Gasteiger partial charge in [0.15, 0.2) is 0 Å². The lowest BCUT2D eigenvalue weighted by Crippen LogP contribution is -2.06. The van der Waals surface area contributed by atoms with Crippen LogP contribution in [0.4, 0.5) is 0 Å². The molecule has 0 amide bonds. The first kappa shape index (κ1) is 14.4. The molecule has 3 rings (SSSR count). The lowest BCUT2D eigenvalue weighted by atomic mass is 10.3. The van der Waals surface area contributed by atoms with Crippen LogP contribution >= 0.6 is 0 Å². The molecule has 1 heterocycles. The van der Waals surface area contributed by atoms with E-state index in [-0.39, 0.29) is 18.2 Å². The Hall–Kier alpha value is -2.57. The molecule has 1 fully saturated rings. The largest absolute Gasteiger partial charge is 0.493 e. The van der Waals surface area contributed by atoms with Gasteiger partial charge < -0.3 is 14.2 Å². The van der Waals surface area contributed by atoms with Gasteiger partial charge in [0.2, 0.25) is 5.69 Å². The topological polar surface area (TPSA) is 86.3 Å². The SMILES string of the molecule is CCOC(=O)c1[nH]nnc1Oc1cccc(OCC2CC2)c1. The minimum atomic E-state index is -0.552. The first-order valence-electron chi connectivity index (χ1n) is 7.25. The zero-order chi connectivity index (χ0) is 15.4. The molecule has 0 spiro atoms. The third kappa shape index (κ3) is 3.55. The Bertz CT molecular complexity index is 652. The second kappa shape index (κ2) is 6.46. The highest BCUT2D eigenvalue weighted by atomic mass is 16.5. The highest BCUT2D eigenvalue weighted by molar-refractivity contribution is 5.89. The van der Waals surface area contributed by atoms with Gasteiger partial charge in [-0.25, -0.2) is 9.89 Å². The first-order chi connectivity index (χ1) is 10.8. The van der Waals surface area contributed by atoms with E-state index in [1.807, 2.05) is 12.1 Å². The number of hydrogen-bond acceptors (Lipinski definition) is 6. The maximum atomic E-state index is 11.7. The van der Waals surface area contributed by atoms with Gasteiger partial charge in [0.25, 0.3) is 5.88 Å². The van der Waals surface area contributed by atoms with Crippen LogP contribution in [0.25, 0.3) is 0 Å². The molecule has 7 nitrogen and oxygen atoms in total. The summed E-state index contributed by atoms with van der Waals surface area (Å²) in [7, 11) is 0. The number of carbonyl (C=O) groups is 1. The Morgan fingerprint density at radius 2 is 2.18 bits per heavy atom. The molecule has 0 saturated heterocycles. The zero-order valence-electron chi connectivity index (χ0n) is 12.2. The number of nitrogens with zero attached hydrogens (tertiary/aromatic N) is 2. The van der Waals surface area contributed by atoms with E-state index in [0.717, 1.165) is 12.4 Å². The predicted octanol–water partition coefficient (Wildman–Crippen LogP) is 2.56. The van der Waals surface area contributed by atoms with Gasteiger partial charge in [-0.2, -0.15) is 0 Å². The number of benzene rings is 1. The molecule has 2 aromatic rings. The minimum Gasteiger partial charge on any atom is -0.493 e. The third-order valence-electron chi connectivity index (χ3n) is 3.20. The molecule has 1 aromatic carbocycles. The molecule has 1 N–H and O–H groups in total. The van der Waals surface area contributed by atoms with Crippen molar-refractivity contribution in [1.82, 2.24) is 15.4 Å². The van der Waals surface area contributed by atoms with Gasteiger partial charge >= 0.3 is 5.97 Å². The Morgan fingerprint density at radius 3 is 2.95 bits per heavy atom. The fourth-order valence-corrected chi connectivity index (χ4v) is 1.86.